The molecule has 0 aliphatic rings. The van der Waals surface area contributed by atoms with Gasteiger partial charge in [0.25, 0.3) is 0 Å². The Hall–Kier alpha value is -0.950. The van der Waals surface area contributed by atoms with E-state index in [1.54, 1.807) is 0 Å². The lowest BCUT2D eigenvalue weighted by Crippen LogP contribution is -2.32. The first-order valence-corrected chi connectivity index (χ1v) is 5.82. The van der Waals surface area contributed by atoms with E-state index in [0.29, 0.717) is 0 Å². The van der Waals surface area contributed by atoms with E-state index in [2.05, 4.69) is 0 Å². The molecule has 88 valence electrons. The van der Waals surface area contributed by atoms with E-state index < -0.39 is 31.8 Å². The topological polar surface area (TPSA) is 150 Å². The highest BCUT2D eigenvalue weighted by Crippen LogP contribution is 2.31. The molecule has 0 saturated carbocycles. The van der Waals surface area contributed by atoms with Gasteiger partial charge in [-0.3, -0.25) is 14.2 Å². The zero-order chi connectivity index (χ0) is 12.1. The van der Waals surface area contributed by atoms with Gasteiger partial charge in [-0.25, -0.2) is 0 Å². The fraction of sp³-hybridized carbons (Fsp3) is 0.667. The average molecular weight is 240 g/mol. The fourth-order valence-corrected chi connectivity index (χ4v) is 1.07. The maximum absolute atomic E-state index is 10.9. The zero-order valence-corrected chi connectivity index (χ0v) is 8.68. The van der Waals surface area contributed by atoms with Crippen LogP contribution in [0.3, 0.4) is 0 Å². The summed E-state index contributed by atoms with van der Waals surface area (Å²) >= 11 is 0. The minimum Gasteiger partial charge on any atom is -0.480 e. The third kappa shape index (κ3) is 8.07. The number of nitrogens with one attached hydrogen (secondary N) is 1. The third-order valence-electron chi connectivity index (χ3n) is 1.48. The Morgan fingerprint density at radius 1 is 1.40 bits per heavy atom. The molecule has 0 aromatic rings. The Labute approximate surface area is 85.6 Å². The summed E-state index contributed by atoms with van der Waals surface area (Å²) < 4.78 is 10.3. The molecule has 0 aliphatic carbocycles. The molecule has 0 bridgehead atoms. The van der Waals surface area contributed by atoms with E-state index in [1.165, 1.54) is 0 Å². The average Bonchev–Trinajstić information content (AvgIpc) is 2.09. The fourth-order valence-electron chi connectivity index (χ4n) is 0.690. The quantitative estimate of drug-likeness (QED) is 0.352. The van der Waals surface area contributed by atoms with Crippen molar-refractivity contribution in [2.45, 2.75) is 18.9 Å². The number of hydrogen-bond donors (Lipinski definition) is 5. The number of carbonyl (C=O) groups is 2. The number of nitrogens with two attached hydrogens (primary N) is 1. The molecule has 0 spiro atoms. The smallest absolute Gasteiger partial charge is 0.344 e. The zero-order valence-electron chi connectivity index (χ0n) is 7.79. The van der Waals surface area contributed by atoms with Gasteiger partial charge in [-0.15, -0.1) is 0 Å². The Morgan fingerprint density at radius 3 is 2.33 bits per heavy atom. The van der Waals surface area contributed by atoms with Crippen LogP contribution in [0.5, 0.6) is 0 Å². The molecule has 0 radical (unpaired) electrons. The molecule has 15 heavy (non-hydrogen) atoms. The molecule has 0 aliphatic heterocycles. The second-order valence-electron chi connectivity index (χ2n) is 2.91. The maximum atomic E-state index is 10.9. The van der Waals surface area contributed by atoms with Crippen molar-refractivity contribution < 1.29 is 29.0 Å². The number of carboxylic acids is 1. The number of carbonyl (C=O) groups excluding carboxylic acids is 1. The summed E-state index contributed by atoms with van der Waals surface area (Å²) in [4.78, 5) is 38.0. The molecule has 0 saturated heterocycles. The molecule has 0 aromatic carbocycles. The predicted molar refractivity (Wildman–Crippen MR) is 49.9 cm³/mol. The molecule has 0 heterocycles. The SMILES string of the molecule is N[C@H](CCC(=O)NCP(=O)(O)O)C(=O)O. The second kappa shape index (κ2) is 5.82. The minimum atomic E-state index is -4.27. The van der Waals surface area contributed by atoms with Gasteiger partial charge in [0.15, 0.2) is 0 Å². The van der Waals surface area contributed by atoms with Crippen molar-refractivity contribution in [3.63, 3.8) is 0 Å². The van der Waals surface area contributed by atoms with Gasteiger partial charge in [0, 0.05) is 6.42 Å². The Bertz CT molecular complexity index is 287. The molecule has 0 rings (SSSR count). The van der Waals surface area contributed by atoms with Gasteiger partial charge in [0.2, 0.25) is 5.91 Å². The molecule has 0 fully saturated rings. The Morgan fingerprint density at radius 2 is 1.93 bits per heavy atom. The summed E-state index contributed by atoms with van der Waals surface area (Å²) in [6.45, 7) is 0. The summed E-state index contributed by atoms with van der Waals surface area (Å²) in [7, 11) is -4.27. The number of aliphatic carboxylic acids is 1. The van der Waals surface area contributed by atoms with Gasteiger partial charge in [0.05, 0.1) is 0 Å². The van der Waals surface area contributed by atoms with Crippen molar-refractivity contribution in [1.82, 2.24) is 5.32 Å². The first-order valence-electron chi connectivity index (χ1n) is 4.02. The first-order chi connectivity index (χ1) is 6.72. The van der Waals surface area contributed by atoms with E-state index in [0.717, 1.165) is 0 Å². The van der Waals surface area contributed by atoms with Crippen molar-refractivity contribution >= 4 is 19.5 Å². The van der Waals surface area contributed by atoms with Crippen LogP contribution in [-0.4, -0.2) is 39.1 Å². The first kappa shape index (κ1) is 14.1. The molecule has 9 heteroatoms. The van der Waals surface area contributed by atoms with Gasteiger partial charge >= 0.3 is 13.6 Å². The molecule has 0 aromatic heterocycles. The Balaban J connectivity index is 3.77. The largest absolute Gasteiger partial charge is 0.480 e. The molecular weight excluding hydrogens is 227 g/mol. The number of amides is 1. The summed E-state index contributed by atoms with van der Waals surface area (Å²) in [5.74, 6) is -1.87. The summed E-state index contributed by atoms with van der Waals surface area (Å²) in [5, 5.41) is 10.3. The van der Waals surface area contributed by atoms with Crippen LogP contribution in [0.2, 0.25) is 0 Å². The maximum Gasteiger partial charge on any atom is 0.344 e. The van der Waals surface area contributed by atoms with Gasteiger partial charge < -0.3 is 25.9 Å². The van der Waals surface area contributed by atoms with Gasteiger partial charge in [-0.1, -0.05) is 0 Å². The van der Waals surface area contributed by atoms with Crippen molar-refractivity contribution in [2.75, 3.05) is 6.29 Å². The highest BCUT2D eigenvalue weighted by molar-refractivity contribution is 7.51. The van der Waals surface area contributed by atoms with E-state index in [9.17, 15) is 14.2 Å². The van der Waals surface area contributed by atoms with E-state index >= 15 is 0 Å². The van der Waals surface area contributed by atoms with Crippen molar-refractivity contribution in [3.05, 3.63) is 0 Å². The highest BCUT2D eigenvalue weighted by Gasteiger charge is 2.16. The lowest BCUT2D eigenvalue weighted by Gasteiger charge is -2.08. The molecule has 6 N–H and O–H groups in total. The van der Waals surface area contributed by atoms with Gasteiger partial charge in [0.1, 0.15) is 12.3 Å². The van der Waals surface area contributed by atoms with Crippen LogP contribution in [-0.2, 0) is 14.2 Å². The van der Waals surface area contributed by atoms with Crippen LogP contribution >= 0.6 is 7.60 Å². The summed E-state index contributed by atoms with van der Waals surface area (Å²) in [6.07, 6.45) is -1.02. The van der Waals surface area contributed by atoms with E-state index in [4.69, 9.17) is 20.6 Å². The normalized spacial score (nSPS) is 13.3. The lowest BCUT2D eigenvalue weighted by molar-refractivity contribution is -0.138. The van der Waals surface area contributed by atoms with Crippen molar-refractivity contribution in [3.8, 4) is 0 Å². The van der Waals surface area contributed by atoms with E-state index in [-0.39, 0.29) is 12.8 Å². The monoisotopic (exact) mass is 240 g/mol. The lowest BCUT2D eigenvalue weighted by atomic mass is 10.1. The van der Waals surface area contributed by atoms with Crippen molar-refractivity contribution in [2.24, 2.45) is 5.73 Å². The highest BCUT2D eigenvalue weighted by atomic mass is 31.2. The summed E-state index contributed by atoms with van der Waals surface area (Å²) in [5.41, 5.74) is 5.11. The van der Waals surface area contributed by atoms with Crippen molar-refractivity contribution in [1.29, 1.82) is 0 Å². The van der Waals surface area contributed by atoms with Crippen LogP contribution in [0.4, 0.5) is 0 Å². The number of hydrogen-bond acceptors (Lipinski definition) is 4. The van der Waals surface area contributed by atoms with Gasteiger partial charge in [-0.05, 0) is 6.42 Å². The standard InChI is InChI=1S/C6H13N2O6P/c7-4(6(10)11)1-2-5(9)8-3-15(12,13)14/h4H,1-3,7H2,(H,8,9)(H,10,11)(H2,12,13,14)/t4-/m1/s1. The van der Waals surface area contributed by atoms with Gasteiger partial charge in [-0.2, -0.15) is 0 Å². The molecule has 8 nitrogen and oxygen atoms in total. The molecular formula is C6H13N2O6P. The number of carboxylic acid groups (broad SMARTS) is 1. The van der Waals surface area contributed by atoms with Crippen LogP contribution in [0.1, 0.15) is 12.8 Å². The van der Waals surface area contributed by atoms with Crippen LogP contribution in [0.15, 0.2) is 0 Å². The Kier molecular flexibility index (Phi) is 5.45. The third-order valence-corrected chi connectivity index (χ3v) is 2.05. The minimum absolute atomic E-state index is 0.0810. The van der Waals surface area contributed by atoms with Crippen LogP contribution in [0.25, 0.3) is 0 Å². The number of rotatable bonds is 6. The van der Waals surface area contributed by atoms with Crippen LogP contribution < -0.4 is 11.1 Å². The molecule has 1 atom stereocenters. The van der Waals surface area contributed by atoms with Crippen LogP contribution in [0, 0.1) is 0 Å². The molecule has 0 unspecified atom stereocenters. The molecule has 1 amide bonds. The van der Waals surface area contributed by atoms with E-state index in [1.807, 2.05) is 5.32 Å². The second-order valence-corrected chi connectivity index (χ2v) is 4.55. The predicted octanol–water partition coefficient (Wildman–Crippen LogP) is -1.57. The summed E-state index contributed by atoms with van der Waals surface area (Å²) in [6, 6.07) is -1.15.